The van der Waals surface area contributed by atoms with Gasteiger partial charge in [0, 0.05) is 16.0 Å². The van der Waals surface area contributed by atoms with E-state index in [1.54, 1.807) is 0 Å². The lowest BCUT2D eigenvalue weighted by atomic mass is 10.3. The fraction of sp³-hybridized carbons (Fsp3) is 0.833. The molecule has 0 rings (SSSR count). The molecule has 0 saturated carbocycles. The molecule has 8 heavy (non-hydrogen) atoms. The molecule has 48 valence electrons. The van der Waals surface area contributed by atoms with E-state index in [1.807, 2.05) is 0 Å². The van der Waals surface area contributed by atoms with E-state index in [4.69, 9.17) is 9.60 Å². The highest BCUT2D eigenvalue weighted by atomic mass is 16.5. The van der Waals surface area contributed by atoms with Gasteiger partial charge in [-0.2, -0.15) is 0 Å². The minimum Gasteiger partial charge on any atom is -0.466 e. The smallest absolute Gasteiger partial charge is 0.305 e. The van der Waals surface area contributed by atoms with Crippen LogP contribution in [-0.4, -0.2) is 12.6 Å². The number of hydrogen-bond acceptors (Lipinski definition) is 2. The van der Waals surface area contributed by atoms with Crippen LogP contribution in [0.3, 0.4) is 0 Å². The molecule has 0 N–H and O–H groups in total. The first-order chi connectivity index (χ1) is 6.48. The molecule has 0 aliphatic heterocycles. The lowest BCUT2D eigenvalue weighted by Gasteiger charge is -1.96. The van der Waals surface area contributed by atoms with Crippen LogP contribution in [-0.2, 0) is 9.53 Å². The summed E-state index contributed by atoms with van der Waals surface area (Å²) in [5.41, 5.74) is 0. The monoisotopic (exact) mass is 123 g/mol. The normalized spacial score (nSPS) is 26.9. The molecule has 2 heteroatoms. The molecular weight excluding hydrogens is 104 g/mol. The lowest BCUT2D eigenvalue weighted by molar-refractivity contribution is -0.143. The second kappa shape index (κ2) is 4.62. The fourth-order valence-corrected chi connectivity index (χ4v) is 0.218. The second-order valence-corrected chi connectivity index (χ2v) is 0.970. The summed E-state index contributed by atoms with van der Waals surface area (Å²) in [5.74, 6) is -1.51. The molecule has 0 amide bonds. The Balaban J connectivity index is 5.10. The molecule has 0 aromatic heterocycles. The van der Waals surface area contributed by atoms with E-state index >= 15 is 0 Å². The van der Waals surface area contributed by atoms with Gasteiger partial charge in [-0.15, -0.1) is 0 Å². The summed E-state index contributed by atoms with van der Waals surface area (Å²) < 4.78 is 53.3. The number of hydrogen-bond donors (Lipinski definition) is 0. The van der Waals surface area contributed by atoms with Gasteiger partial charge in [0.2, 0.25) is 0 Å². The summed E-state index contributed by atoms with van der Waals surface area (Å²) in [5, 5.41) is 0. The average Bonchev–Trinajstić information content (AvgIpc) is 2.02. The fourth-order valence-electron chi connectivity index (χ4n) is 0.218. The molecule has 0 bridgehead atoms. The topological polar surface area (TPSA) is 26.3 Å². The van der Waals surface area contributed by atoms with E-state index in [-0.39, 0.29) is 6.61 Å². The quantitative estimate of drug-likeness (QED) is 0.529. The predicted molar refractivity (Wildman–Crippen MR) is 31.5 cm³/mol. The van der Waals surface area contributed by atoms with Crippen molar-refractivity contribution in [2.24, 2.45) is 0 Å². The highest BCUT2D eigenvalue weighted by Crippen LogP contribution is 1.89. The average molecular weight is 123 g/mol. The molecule has 0 aliphatic rings. The van der Waals surface area contributed by atoms with Crippen LogP contribution < -0.4 is 0 Å². The largest absolute Gasteiger partial charge is 0.466 e. The molecule has 0 heterocycles. The van der Waals surface area contributed by atoms with Gasteiger partial charge >= 0.3 is 5.97 Å². The Hall–Kier alpha value is -0.530. The Morgan fingerprint density at radius 1 is 2.00 bits per heavy atom. The Morgan fingerprint density at radius 3 is 3.25 bits per heavy atom. The van der Waals surface area contributed by atoms with E-state index in [1.165, 1.54) is 6.92 Å². The summed E-state index contributed by atoms with van der Waals surface area (Å²) in [7, 11) is 0. The standard InChI is InChI=1S/C6H12O2/c1-3-5-6(7)8-4-2/h3-5H2,1-2H3/i1D3,3D2,5D2. The van der Waals surface area contributed by atoms with Gasteiger partial charge in [0.05, 0.1) is 6.61 Å². The van der Waals surface area contributed by atoms with Crippen molar-refractivity contribution in [3.05, 3.63) is 0 Å². The molecule has 0 aromatic rings. The third-order valence-corrected chi connectivity index (χ3v) is 0.440. The van der Waals surface area contributed by atoms with Gasteiger partial charge in [0.15, 0.2) is 0 Å². The molecule has 0 aromatic carbocycles. The first-order valence-electron chi connectivity index (χ1n) is 5.65. The van der Waals surface area contributed by atoms with Gasteiger partial charge in [-0.1, -0.05) is 6.85 Å². The van der Waals surface area contributed by atoms with Crippen LogP contribution in [0.15, 0.2) is 0 Å². The minimum atomic E-state index is -3.29. The lowest BCUT2D eigenvalue weighted by Crippen LogP contribution is -2.01. The first kappa shape index (κ1) is 1.72. The van der Waals surface area contributed by atoms with Crippen LogP contribution in [0.25, 0.3) is 0 Å². The summed E-state index contributed by atoms with van der Waals surface area (Å²) in [6.45, 7) is -1.96. The van der Waals surface area contributed by atoms with Crippen molar-refractivity contribution in [1.82, 2.24) is 0 Å². The van der Waals surface area contributed by atoms with Crippen LogP contribution in [0, 0.1) is 0 Å². The van der Waals surface area contributed by atoms with Gasteiger partial charge in [-0.3, -0.25) is 4.79 Å². The van der Waals surface area contributed by atoms with Crippen molar-refractivity contribution in [2.75, 3.05) is 6.61 Å². The van der Waals surface area contributed by atoms with Crippen molar-refractivity contribution in [2.45, 2.75) is 26.5 Å². The van der Waals surface area contributed by atoms with Crippen LogP contribution in [0.1, 0.15) is 36.1 Å². The Bertz CT molecular complexity index is 244. The van der Waals surface area contributed by atoms with Crippen molar-refractivity contribution in [3.8, 4) is 0 Å². The maximum atomic E-state index is 11.1. The first-order valence-corrected chi connectivity index (χ1v) is 2.15. The summed E-state index contributed by atoms with van der Waals surface area (Å²) >= 11 is 0. The van der Waals surface area contributed by atoms with Gasteiger partial charge in [0.1, 0.15) is 0 Å². The van der Waals surface area contributed by atoms with Crippen LogP contribution in [0.5, 0.6) is 0 Å². The Kier molecular flexibility index (Phi) is 0.996. The zero-order valence-electron chi connectivity index (χ0n) is 11.5. The van der Waals surface area contributed by atoms with E-state index in [0.29, 0.717) is 0 Å². The maximum Gasteiger partial charge on any atom is 0.305 e. The van der Waals surface area contributed by atoms with Crippen molar-refractivity contribution < 1.29 is 19.1 Å². The number of carbonyl (C=O) groups excluding carboxylic acids is 1. The van der Waals surface area contributed by atoms with Gasteiger partial charge < -0.3 is 4.74 Å². The second-order valence-electron chi connectivity index (χ2n) is 0.970. The minimum absolute atomic E-state index is 0.143. The number of ether oxygens (including phenoxy) is 1. The third-order valence-electron chi connectivity index (χ3n) is 0.440. The molecule has 0 saturated heterocycles. The Morgan fingerprint density at radius 2 is 2.75 bits per heavy atom. The third kappa shape index (κ3) is 3.65. The number of rotatable bonds is 3. The zero-order valence-corrected chi connectivity index (χ0v) is 4.52. The molecule has 0 aliphatic carbocycles. The van der Waals surface area contributed by atoms with Crippen LogP contribution >= 0.6 is 0 Å². The van der Waals surface area contributed by atoms with Gasteiger partial charge in [-0.25, -0.2) is 0 Å². The van der Waals surface area contributed by atoms with Gasteiger partial charge in [0.25, 0.3) is 0 Å². The highest BCUT2D eigenvalue weighted by molar-refractivity contribution is 5.69. The number of esters is 1. The highest BCUT2D eigenvalue weighted by Gasteiger charge is 1.95. The molecule has 2 nitrogen and oxygen atoms in total. The zero-order chi connectivity index (χ0) is 12.5. The summed E-state index contributed by atoms with van der Waals surface area (Å²) in [6.07, 6.45) is -6.49. The van der Waals surface area contributed by atoms with Crippen LogP contribution in [0.4, 0.5) is 0 Å². The SMILES string of the molecule is [2H]C([2H])([2H])C([2H])([2H])C([2H])([2H])C(=O)OCC. The van der Waals surface area contributed by atoms with Crippen LogP contribution in [0.2, 0.25) is 0 Å². The van der Waals surface area contributed by atoms with E-state index in [0.717, 1.165) is 0 Å². The van der Waals surface area contributed by atoms with Gasteiger partial charge in [-0.05, 0) is 13.3 Å². The molecule has 0 spiro atoms. The van der Waals surface area contributed by atoms with Crippen molar-refractivity contribution in [3.63, 3.8) is 0 Å². The van der Waals surface area contributed by atoms with E-state index in [2.05, 4.69) is 4.74 Å². The summed E-state index contributed by atoms with van der Waals surface area (Å²) in [4.78, 5) is 11.1. The predicted octanol–water partition coefficient (Wildman–Crippen LogP) is 1.35. The molecule has 0 fully saturated rings. The number of carbonyl (C=O) groups is 1. The molecule has 0 atom stereocenters. The van der Waals surface area contributed by atoms with Crippen molar-refractivity contribution in [1.29, 1.82) is 0 Å². The van der Waals surface area contributed by atoms with Crippen molar-refractivity contribution >= 4 is 5.97 Å². The maximum absolute atomic E-state index is 11.1. The molecule has 0 radical (unpaired) electrons. The Labute approximate surface area is 59.7 Å². The molecular formula is C6H12O2. The summed E-state index contributed by atoms with van der Waals surface area (Å²) in [6, 6.07) is 0. The van der Waals surface area contributed by atoms with E-state index < -0.39 is 25.6 Å². The molecule has 0 unspecified atom stereocenters. The van der Waals surface area contributed by atoms with E-state index in [9.17, 15) is 4.79 Å².